The smallest absolute Gasteiger partial charge is 0.372 e. The average molecular weight is 407 g/mol. The minimum atomic E-state index is -4.52. The molecule has 2 N–H and O–H groups in total. The van der Waals surface area contributed by atoms with Gasteiger partial charge >= 0.3 is 6.18 Å². The Bertz CT molecular complexity index is 773. The van der Waals surface area contributed by atoms with E-state index < -0.39 is 17.2 Å². The number of thiazole rings is 1. The van der Waals surface area contributed by atoms with Crippen LogP contribution in [0.3, 0.4) is 0 Å². The standard InChI is InChI=1S/C15H18ClF3N6S/c1-6-22-10(8(2)15(17,18)19)24-13(21-5)25-11-9(16)23-12(26-11)14(3,4)7-20/h22H,5-6H2,1-4H3,(H,24,25)/b10-8+. The number of allylic oxidation sites excluding steroid dienone is 1. The fourth-order valence-electron chi connectivity index (χ4n) is 1.58. The summed E-state index contributed by atoms with van der Waals surface area (Å²) in [5.41, 5.74) is -1.74. The van der Waals surface area contributed by atoms with Crippen molar-refractivity contribution in [3.8, 4) is 6.07 Å². The van der Waals surface area contributed by atoms with Crippen LogP contribution in [0, 0.1) is 11.3 Å². The number of alkyl halides is 3. The third-order valence-corrected chi connectivity index (χ3v) is 4.78. The Balaban J connectivity index is 3.27. The fourth-order valence-corrected chi connectivity index (χ4v) is 2.75. The van der Waals surface area contributed by atoms with Gasteiger partial charge in [-0.3, -0.25) is 0 Å². The third-order valence-electron chi connectivity index (χ3n) is 3.13. The Kier molecular flexibility index (Phi) is 7.17. The second-order valence-corrected chi connectivity index (χ2v) is 6.93. The molecule has 1 rings (SSSR count). The van der Waals surface area contributed by atoms with Gasteiger partial charge in [-0.05, 0) is 34.4 Å². The molecule has 0 spiro atoms. The van der Waals surface area contributed by atoms with Crippen LogP contribution in [0.15, 0.2) is 21.4 Å². The Morgan fingerprint density at radius 3 is 2.50 bits per heavy atom. The maximum absolute atomic E-state index is 13.0. The number of guanidine groups is 1. The molecule has 26 heavy (non-hydrogen) atoms. The highest BCUT2D eigenvalue weighted by atomic mass is 35.5. The van der Waals surface area contributed by atoms with Gasteiger partial charge in [0, 0.05) is 6.54 Å². The van der Waals surface area contributed by atoms with E-state index in [2.05, 4.69) is 38.4 Å². The summed E-state index contributed by atoms with van der Waals surface area (Å²) in [6, 6.07) is 2.09. The summed E-state index contributed by atoms with van der Waals surface area (Å²) in [6.07, 6.45) is -4.52. The van der Waals surface area contributed by atoms with Gasteiger partial charge in [0.2, 0.25) is 5.96 Å². The maximum atomic E-state index is 13.0. The molecule has 0 amide bonds. The van der Waals surface area contributed by atoms with Crippen molar-refractivity contribution in [2.45, 2.75) is 39.3 Å². The number of halogens is 4. The summed E-state index contributed by atoms with van der Waals surface area (Å²) in [7, 11) is 0. The van der Waals surface area contributed by atoms with Gasteiger partial charge in [0.05, 0.1) is 11.6 Å². The highest BCUT2D eigenvalue weighted by Crippen LogP contribution is 2.37. The molecular weight excluding hydrogens is 389 g/mol. The van der Waals surface area contributed by atoms with Crippen LogP contribution < -0.4 is 10.6 Å². The minimum absolute atomic E-state index is 0.0257. The van der Waals surface area contributed by atoms with E-state index in [4.69, 9.17) is 16.9 Å². The van der Waals surface area contributed by atoms with Crippen LogP contribution in [0.1, 0.15) is 32.7 Å². The number of rotatable bonds is 5. The van der Waals surface area contributed by atoms with E-state index in [1.807, 2.05) is 0 Å². The number of hydrogen-bond donors (Lipinski definition) is 2. The first-order valence-electron chi connectivity index (χ1n) is 7.38. The Labute approximate surface area is 158 Å². The van der Waals surface area contributed by atoms with Crippen LogP contribution in [-0.2, 0) is 5.41 Å². The first-order valence-corrected chi connectivity index (χ1v) is 8.58. The molecular formula is C15H18ClF3N6S. The van der Waals surface area contributed by atoms with Crippen LogP contribution in [0.5, 0.6) is 0 Å². The Morgan fingerprint density at radius 2 is 2.04 bits per heavy atom. The number of nitrogens with one attached hydrogen (secondary N) is 2. The van der Waals surface area contributed by atoms with Crippen molar-refractivity contribution in [2.24, 2.45) is 9.98 Å². The van der Waals surface area contributed by atoms with E-state index in [1.54, 1.807) is 20.8 Å². The van der Waals surface area contributed by atoms with E-state index >= 15 is 0 Å². The third kappa shape index (κ3) is 5.44. The molecule has 0 bridgehead atoms. The second-order valence-electron chi connectivity index (χ2n) is 5.60. The predicted octanol–water partition coefficient (Wildman–Crippen LogP) is 4.28. The molecule has 0 unspecified atom stereocenters. The van der Waals surface area contributed by atoms with Crippen LogP contribution in [-0.4, -0.2) is 30.4 Å². The highest BCUT2D eigenvalue weighted by molar-refractivity contribution is 7.16. The van der Waals surface area contributed by atoms with E-state index in [-0.39, 0.29) is 28.5 Å². The highest BCUT2D eigenvalue weighted by Gasteiger charge is 2.33. The first kappa shape index (κ1) is 21.9. The molecule has 0 aliphatic heterocycles. The number of nitrogens with zero attached hydrogens (tertiary/aromatic N) is 4. The van der Waals surface area contributed by atoms with Gasteiger partial charge in [-0.15, -0.1) is 0 Å². The molecule has 0 radical (unpaired) electrons. The summed E-state index contributed by atoms with van der Waals surface area (Å²) in [6.45, 7) is 9.47. The number of aromatic nitrogens is 1. The summed E-state index contributed by atoms with van der Waals surface area (Å²) in [5, 5.41) is 14.9. The molecule has 0 aromatic carbocycles. The minimum Gasteiger partial charge on any atom is -0.372 e. The Hall–Kier alpha value is -2.12. The van der Waals surface area contributed by atoms with Gasteiger partial charge in [0.25, 0.3) is 0 Å². The average Bonchev–Trinajstić information content (AvgIpc) is 2.93. The van der Waals surface area contributed by atoms with Crippen molar-refractivity contribution < 1.29 is 13.2 Å². The molecule has 6 nitrogen and oxygen atoms in total. The quantitative estimate of drug-likeness (QED) is 0.564. The molecule has 0 aliphatic carbocycles. The summed E-state index contributed by atoms with van der Waals surface area (Å²) < 4.78 is 38.9. The van der Waals surface area contributed by atoms with E-state index in [0.29, 0.717) is 5.01 Å². The molecule has 0 atom stereocenters. The SMILES string of the molecule is C=NC(=Nc1sc(C(C)(C)C#N)nc1Cl)N/C(NCC)=C(\C)C(F)(F)F. The van der Waals surface area contributed by atoms with Gasteiger partial charge in [-0.2, -0.15) is 23.4 Å². The van der Waals surface area contributed by atoms with Crippen molar-refractivity contribution in [1.82, 2.24) is 15.6 Å². The van der Waals surface area contributed by atoms with Crippen LogP contribution in [0.2, 0.25) is 5.15 Å². The van der Waals surface area contributed by atoms with E-state index in [9.17, 15) is 13.2 Å². The van der Waals surface area contributed by atoms with Gasteiger partial charge in [0.15, 0.2) is 10.2 Å². The van der Waals surface area contributed by atoms with E-state index in [1.165, 1.54) is 0 Å². The first-order chi connectivity index (χ1) is 12.0. The molecule has 0 saturated carbocycles. The van der Waals surface area contributed by atoms with Gasteiger partial charge in [-0.1, -0.05) is 22.9 Å². The van der Waals surface area contributed by atoms with Crippen molar-refractivity contribution in [1.29, 1.82) is 5.26 Å². The lowest BCUT2D eigenvalue weighted by Crippen LogP contribution is -2.34. The topological polar surface area (TPSA) is 85.5 Å². The molecule has 0 aliphatic rings. The van der Waals surface area contributed by atoms with Crippen molar-refractivity contribution >= 4 is 40.6 Å². The molecule has 1 heterocycles. The van der Waals surface area contributed by atoms with Crippen LogP contribution >= 0.6 is 22.9 Å². The van der Waals surface area contributed by atoms with Crippen molar-refractivity contribution in [3.63, 3.8) is 0 Å². The lowest BCUT2D eigenvalue weighted by Gasteiger charge is -2.17. The summed E-state index contributed by atoms with van der Waals surface area (Å²) in [4.78, 5) is 11.8. The summed E-state index contributed by atoms with van der Waals surface area (Å²) in [5.74, 6) is -0.472. The van der Waals surface area contributed by atoms with Gasteiger partial charge in [-0.25, -0.2) is 9.98 Å². The zero-order chi connectivity index (χ0) is 20.1. The Morgan fingerprint density at radius 1 is 1.42 bits per heavy atom. The molecule has 142 valence electrons. The zero-order valence-corrected chi connectivity index (χ0v) is 16.2. The van der Waals surface area contributed by atoms with Crippen LogP contribution in [0.4, 0.5) is 18.2 Å². The largest absolute Gasteiger partial charge is 0.415 e. The lowest BCUT2D eigenvalue weighted by molar-refractivity contribution is -0.0926. The summed E-state index contributed by atoms with van der Waals surface area (Å²) >= 11 is 7.08. The lowest BCUT2D eigenvalue weighted by atomic mass is 9.97. The number of nitriles is 1. The monoisotopic (exact) mass is 406 g/mol. The van der Waals surface area contributed by atoms with Gasteiger partial charge in [0.1, 0.15) is 16.2 Å². The molecule has 11 heteroatoms. The maximum Gasteiger partial charge on any atom is 0.415 e. The fraction of sp³-hybridized carbons (Fsp3) is 0.467. The molecule has 1 aromatic rings. The van der Waals surface area contributed by atoms with E-state index in [0.717, 1.165) is 18.3 Å². The predicted molar refractivity (Wildman–Crippen MR) is 98.0 cm³/mol. The zero-order valence-electron chi connectivity index (χ0n) is 14.6. The normalized spacial score (nSPS) is 13.7. The molecule has 0 fully saturated rings. The molecule has 1 aromatic heterocycles. The van der Waals surface area contributed by atoms with Crippen LogP contribution in [0.25, 0.3) is 0 Å². The van der Waals surface area contributed by atoms with Gasteiger partial charge < -0.3 is 10.6 Å². The number of hydrogen-bond acceptors (Lipinski definition) is 5. The van der Waals surface area contributed by atoms with Crippen molar-refractivity contribution in [2.75, 3.05) is 6.54 Å². The second kappa shape index (κ2) is 8.51. The molecule has 0 saturated heterocycles. The number of aliphatic imine (C=N–C) groups is 2. The van der Waals surface area contributed by atoms with Crippen molar-refractivity contribution in [3.05, 3.63) is 21.6 Å².